The molecule has 0 amide bonds. The van der Waals surface area contributed by atoms with Crippen LogP contribution in [0.25, 0.3) is 11.3 Å². The van der Waals surface area contributed by atoms with Gasteiger partial charge in [0, 0.05) is 31.7 Å². The van der Waals surface area contributed by atoms with Crippen LogP contribution in [0.4, 0.5) is 19.1 Å². The van der Waals surface area contributed by atoms with Crippen molar-refractivity contribution in [1.29, 1.82) is 0 Å². The van der Waals surface area contributed by atoms with Crippen LogP contribution in [0.15, 0.2) is 30.5 Å². The van der Waals surface area contributed by atoms with Gasteiger partial charge < -0.3 is 10.2 Å². The number of benzene rings is 1. The van der Waals surface area contributed by atoms with Crippen LogP contribution in [0.3, 0.4) is 0 Å². The van der Waals surface area contributed by atoms with Crippen LogP contribution >= 0.6 is 0 Å². The fraction of sp³-hybridized carbons (Fsp3) is 0.357. The molecule has 8 heteroatoms. The predicted molar refractivity (Wildman–Crippen MR) is 75.3 cm³/mol. The van der Waals surface area contributed by atoms with E-state index in [2.05, 4.69) is 20.5 Å². The second kappa shape index (κ2) is 5.88. The Hall–Kier alpha value is -2.22. The van der Waals surface area contributed by atoms with E-state index in [1.807, 2.05) is 4.90 Å². The summed E-state index contributed by atoms with van der Waals surface area (Å²) in [4.78, 5) is 6.40. The van der Waals surface area contributed by atoms with Gasteiger partial charge in [-0.05, 0) is 12.1 Å². The molecular weight excluding hydrogens is 295 g/mol. The van der Waals surface area contributed by atoms with E-state index in [1.54, 1.807) is 0 Å². The Labute approximate surface area is 125 Å². The third-order valence-electron chi connectivity index (χ3n) is 3.46. The minimum Gasteiger partial charge on any atom is -0.337 e. The van der Waals surface area contributed by atoms with Crippen LogP contribution < -0.4 is 10.2 Å². The predicted octanol–water partition coefficient (Wildman–Crippen LogP) is 1.97. The average molecular weight is 309 g/mol. The molecule has 0 radical (unpaired) electrons. The summed E-state index contributed by atoms with van der Waals surface area (Å²) in [6.07, 6.45) is -2.89. The van der Waals surface area contributed by atoms with Gasteiger partial charge in [0.1, 0.15) is 0 Å². The van der Waals surface area contributed by atoms with Crippen LogP contribution in [-0.4, -0.2) is 41.4 Å². The van der Waals surface area contributed by atoms with Crippen molar-refractivity contribution in [3.05, 3.63) is 36.0 Å². The summed E-state index contributed by atoms with van der Waals surface area (Å²) in [5, 5.41) is 11.1. The molecule has 0 bridgehead atoms. The van der Waals surface area contributed by atoms with Crippen molar-refractivity contribution in [2.45, 2.75) is 6.18 Å². The van der Waals surface area contributed by atoms with Gasteiger partial charge in [-0.3, -0.25) is 0 Å². The van der Waals surface area contributed by atoms with E-state index in [0.717, 1.165) is 38.3 Å². The molecule has 2 heterocycles. The summed E-state index contributed by atoms with van der Waals surface area (Å²) in [6, 6.07) is 4.88. The van der Waals surface area contributed by atoms with E-state index in [0.29, 0.717) is 17.2 Å². The molecule has 1 aliphatic heterocycles. The SMILES string of the molecule is FC(F)(F)c1ccc(-c2cnnc(N3CCNCC3)n2)cc1. The highest BCUT2D eigenvalue weighted by atomic mass is 19.4. The maximum Gasteiger partial charge on any atom is 0.416 e. The summed E-state index contributed by atoms with van der Waals surface area (Å²) in [6.45, 7) is 3.23. The molecule has 0 spiro atoms. The molecule has 2 aromatic rings. The van der Waals surface area contributed by atoms with Crippen molar-refractivity contribution in [2.24, 2.45) is 0 Å². The zero-order valence-corrected chi connectivity index (χ0v) is 11.6. The Balaban J connectivity index is 1.85. The highest BCUT2D eigenvalue weighted by Gasteiger charge is 2.30. The summed E-state index contributed by atoms with van der Waals surface area (Å²) in [5.74, 6) is 0.499. The van der Waals surface area contributed by atoms with E-state index in [1.165, 1.54) is 18.3 Å². The van der Waals surface area contributed by atoms with E-state index < -0.39 is 11.7 Å². The highest BCUT2D eigenvalue weighted by molar-refractivity contribution is 5.59. The van der Waals surface area contributed by atoms with Crippen molar-refractivity contribution >= 4 is 5.95 Å². The van der Waals surface area contributed by atoms with Gasteiger partial charge in [0.25, 0.3) is 0 Å². The topological polar surface area (TPSA) is 53.9 Å². The minimum atomic E-state index is -4.34. The molecule has 0 saturated carbocycles. The first kappa shape index (κ1) is 14.7. The van der Waals surface area contributed by atoms with Crippen LogP contribution in [0, 0.1) is 0 Å². The number of rotatable bonds is 2. The summed E-state index contributed by atoms with van der Waals surface area (Å²) in [7, 11) is 0. The number of halogens is 3. The highest BCUT2D eigenvalue weighted by Crippen LogP contribution is 2.30. The van der Waals surface area contributed by atoms with E-state index in [-0.39, 0.29) is 0 Å². The molecular formula is C14H14F3N5. The second-order valence-corrected chi connectivity index (χ2v) is 4.95. The lowest BCUT2D eigenvalue weighted by atomic mass is 10.1. The van der Waals surface area contributed by atoms with Gasteiger partial charge in [0.2, 0.25) is 5.95 Å². The van der Waals surface area contributed by atoms with Crippen molar-refractivity contribution in [2.75, 3.05) is 31.1 Å². The second-order valence-electron chi connectivity index (χ2n) is 4.95. The van der Waals surface area contributed by atoms with Crippen molar-refractivity contribution in [3.63, 3.8) is 0 Å². The Kier molecular flexibility index (Phi) is 3.93. The lowest BCUT2D eigenvalue weighted by molar-refractivity contribution is -0.137. The molecule has 116 valence electrons. The molecule has 0 unspecified atom stereocenters. The largest absolute Gasteiger partial charge is 0.416 e. The summed E-state index contributed by atoms with van der Waals surface area (Å²) in [5.41, 5.74) is 0.414. The number of alkyl halides is 3. The van der Waals surface area contributed by atoms with Gasteiger partial charge in [-0.1, -0.05) is 12.1 Å². The fourth-order valence-electron chi connectivity index (χ4n) is 2.26. The van der Waals surface area contributed by atoms with Crippen molar-refractivity contribution in [3.8, 4) is 11.3 Å². The first-order valence-electron chi connectivity index (χ1n) is 6.87. The van der Waals surface area contributed by atoms with Gasteiger partial charge in [-0.25, -0.2) is 4.98 Å². The first-order valence-corrected chi connectivity index (χ1v) is 6.87. The lowest BCUT2D eigenvalue weighted by Crippen LogP contribution is -2.44. The molecule has 1 N–H and O–H groups in total. The first-order chi connectivity index (χ1) is 10.5. The Morgan fingerprint density at radius 2 is 1.73 bits per heavy atom. The molecule has 3 rings (SSSR count). The number of nitrogens with one attached hydrogen (secondary N) is 1. The number of aromatic nitrogens is 3. The van der Waals surface area contributed by atoms with E-state index in [4.69, 9.17) is 0 Å². The summed E-state index contributed by atoms with van der Waals surface area (Å²) >= 11 is 0. The van der Waals surface area contributed by atoms with Crippen LogP contribution in [-0.2, 0) is 6.18 Å². The quantitative estimate of drug-likeness (QED) is 0.919. The maximum atomic E-state index is 12.6. The normalized spacial score (nSPS) is 15.9. The maximum absolute atomic E-state index is 12.6. The molecule has 1 aromatic heterocycles. The van der Waals surface area contributed by atoms with Crippen LogP contribution in [0.5, 0.6) is 0 Å². The Bertz CT molecular complexity index is 636. The zero-order valence-electron chi connectivity index (χ0n) is 11.6. The van der Waals surface area contributed by atoms with Gasteiger partial charge in [0.15, 0.2) is 0 Å². The molecule has 0 atom stereocenters. The van der Waals surface area contributed by atoms with Gasteiger partial charge >= 0.3 is 6.18 Å². The molecule has 1 saturated heterocycles. The molecule has 1 aromatic carbocycles. The molecule has 5 nitrogen and oxygen atoms in total. The number of nitrogens with zero attached hydrogens (tertiary/aromatic N) is 4. The van der Waals surface area contributed by atoms with Crippen LogP contribution in [0.2, 0.25) is 0 Å². The zero-order chi connectivity index (χ0) is 15.6. The third-order valence-corrected chi connectivity index (χ3v) is 3.46. The Morgan fingerprint density at radius 3 is 2.36 bits per heavy atom. The van der Waals surface area contributed by atoms with E-state index >= 15 is 0 Å². The van der Waals surface area contributed by atoms with Gasteiger partial charge in [0.05, 0.1) is 17.5 Å². The van der Waals surface area contributed by atoms with Gasteiger partial charge in [-0.2, -0.15) is 18.3 Å². The minimum absolute atomic E-state index is 0.499. The number of piperazine rings is 1. The molecule has 22 heavy (non-hydrogen) atoms. The number of hydrogen-bond donors (Lipinski definition) is 1. The molecule has 1 fully saturated rings. The average Bonchev–Trinajstić information content (AvgIpc) is 2.55. The van der Waals surface area contributed by atoms with Crippen molar-refractivity contribution in [1.82, 2.24) is 20.5 Å². The monoisotopic (exact) mass is 309 g/mol. The smallest absolute Gasteiger partial charge is 0.337 e. The third kappa shape index (κ3) is 3.16. The van der Waals surface area contributed by atoms with Crippen LogP contribution in [0.1, 0.15) is 5.56 Å². The molecule has 1 aliphatic rings. The fourth-order valence-corrected chi connectivity index (χ4v) is 2.26. The van der Waals surface area contributed by atoms with E-state index in [9.17, 15) is 13.2 Å². The Morgan fingerprint density at radius 1 is 1.05 bits per heavy atom. The van der Waals surface area contributed by atoms with Gasteiger partial charge in [-0.15, -0.1) is 5.10 Å². The van der Waals surface area contributed by atoms with Crippen molar-refractivity contribution < 1.29 is 13.2 Å². The number of hydrogen-bond acceptors (Lipinski definition) is 5. The molecule has 0 aliphatic carbocycles. The lowest BCUT2D eigenvalue weighted by Gasteiger charge is -2.26. The summed E-state index contributed by atoms with van der Waals surface area (Å²) < 4.78 is 37.7. The number of anilines is 1. The standard InChI is InChI=1S/C14H14F3N5/c15-14(16,17)11-3-1-10(2-4-11)12-9-19-21-13(20-12)22-7-5-18-6-8-22/h1-4,9,18H,5-8H2.